The molecule has 2 nitrogen and oxygen atoms in total. The molecular formula is C9H12ClNO. The first kappa shape index (κ1) is 9.52. The van der Waals surface area contributed by atoms with Crippen molar-refractivity contribution in [3.63, 3.8) is 0 Å². The van der Waals surface area contributed by atoms with E-state index in [9.17, 15) is 0 Å². The normalized spacial score (nSPS) is 12.9. The van der Waals surface area contributed by atoms with E-state index in [1.54, 1.807) is 7.11 Å². The van der Waals surface area contributed by atoms with E-state index in [1.165, 1.54) is 0 Å². The molecule has 1 rings (SSSR count). The second-order valence-electron chi connectivity index (χ2n) is 2.60. The van der Waals surface area contributed by atoms with E-state index >= 15 is 0 Å². The van der Waals surface area contributed by atoms with Gasteiger partial charge in [-0.1, -0.05) is 23.7 Å². The van der Waals surface area contributed by atoms with Gasteiger partial charge in [-0.2, -0.15) is 5.48 Å². The van der Waals surface area contributed by atoms with Crippen molar-refractivity contribution in [1.29, 1.82) is 0 Å². The van der Waals surface area contributed by atoms with Crippen molar-refractivity contribution in [2.24, 2.45) is 0 Å². The average Bonchev–Trinajstić information content (AvgIpc) is 2.06. The molecule has 1 aromatic rings. The van der Waals surface area contributed by atoms with Crippen LogP contribution in [0.3, 0.4) is 0 Å². The summed E-state index contributed by atoms with van der Waals surface area (Å²) in [5.41, 5.74) is 3.99. The summed E-state index contributed by atoms with van der Waals surface area (Å²) in [7, 11) is 1.60. The van der Waals surface area contributed by atoms with Crippen LogP contribution in [0.4, 0.5) is 0 Å². The van der Waals surface area contributed by atoms with E-state index in [0.29, 0.717) is 0 Å². The van der Waals surface area contributed by atoms with Crippen molar-refractivity contribution >= 4 is 11.6 Å². The fourth-order valence-electron chi connectivity index (χ4n) is 0.996. The summed E-state index contributed by atoms with van der Waals surface area (Å²) in [5, 5.41) is 0.753. The molecule has 0 saturated heterocycles. The number of hydrogen-bond donors (Lipinski definition) is 1. The van der Waals surface area contributed by atoms with Gasteiger partial charge in [0.1, 0.15) is 0 Å². The van der Waals surface area contributed by atoms with Crippen LogP contribution in [0.15, 0.2) is 24.3 Å². The van der Waals surface area contributed by atoms with E-state index < -0.39 is 0 Å². The molecule has 1 aromatic carbocycles. The minimum Gasteiger partial charge on any atom is -0.305 e. The van der Waals surface area contributed by atoms with Crippen LogP contribution in [0.25, 0.3) is 0 Å². The van der Waals surface area contributed by atoms with Gasteiger partial charge in [-0.05, 0) is 24.6 Å². The Hall–Kier alpha value is -0.570. The molecule has 0 radical (unpaired) electrons. The molecule has 1 unspecified atom stereocenters. The molecule has 3 heteroatoms. The maximum Gasteiger partial charge on any atom is 0.0572 e. The summed E-state index contributed by atoms with van der Waals surface area (Å²) in [5.74, 6) is 0. The predicted molar refractivity (Wildman–Crippen MR) is 50.0 cm³/mol. The Balaban J connectivity index is 2.68. The largest absolute Gasteiger partial charge is 0.305 e. The highest BCUT2D eigenvalue weighted by Crippen LogP contribution is 2.15. The number of halogens is 1. The first-order valence-electron chi connectivity index (χ1n) is 3.78. The lowest BCUT2D eigenvalue weighted by atomic mass is 10.1. The molecule has 1 N–H and O–H groups in total. The molecule has 0 bridgehead atoms. The quantitative estimate of drug-likeness (QED) is 0.731. The molecule has 1 atom stereocenters. The number of benzene rings is 1. The molecule has 0 spiro atoms. The molecule has 0 heterocycles. The highest BCUT2D eigenvalue weighted by atomic mass is 35.5. The summed E-state index contributed by atoms with van der Waals surface area (Å²) < 4.78 is 0. The third-order valence-electron chi connectivity index (χ3n) is 1.66. The molecule has 0 amide bonds. The fourth-order valence-corrected chi connectivity index (χ4v) is 1.12. The lowest BCUT2D eigenvalue weighted by Crippen LogP contribution is -2.16. The lowest BCUT2D eigenvalue weighted by molar-refractivity contribution is 0.0659. The van der Waals surface area contributed by atoms with Crippen LogP contribution < -0.4 is 5.48 Å². The van der Waals surface area contributed by atoms with Gasteiger partial charge in [0, 0.05) is 5.02 Å². The van der Waals surface area contributed by atoms with Crippen LogP contribution in [0.1, 0.15) is 18.5 Å². The molecule has 0 aliphatic rings. The zero-order valence-electron chi connectivity index (χ0n) is 7.17. The molecule has 0 saturated carbocycles. The van der Waals surface area contributed by atoms with E-state index in [0.717, 1.165) is 10.6 Å². The molecular weight excluding hydrogens is 174 g/mol. The number of rotatable bonds is 3. The smallest absolute Gasteiger partial charge is 0.0572 e. The first-order chi connectivity index (χ1) is 5.74. The molecule has 12 heavy (non-hydrogen) atoms. The maximum absolute atomic E-state index is 5.74. The van der Waals surface area contributed by atoms with Gasteiger partial charge in [0.05, 0.1) is 13.2 Å². The Labute approximate surface area is 77.4 Å². The van der Waals surface area contributed by atoms with Crippen molar-refractivity contribution < 1.29 is 4.84 Å². The van der Waals surface area contributed by atoms with Gasteiger partial charge < -0.3 is 4.84 Å². The molecule has 0 aromatic heterocycles. The lowest BCUT2D eigenvalue weighted by Gasteiger charge is -2.11. The highest BCUT2D eigenvalue weighted by molar-refractivity contribution is 6.30. The van der Waals surface area contributed by atoms with Gasteiger partial charge in [0.15, 0.2) is 0 Å². The standard InChI is InChI=1S/C9H12ClNO/c1-7(11-12-2)8-3-5-9(10)6-4-8/h3-7,11H,1-2H3. The van der Waals surface area contributed by atoms with Gasteiger partial charge in [0.2, 0.25) is 0 Å². The van der Waals surface area contributed by atoms with E-state index in [1.807, 2.05) is 31.2 Å². The fraction of sp³-hybridized carbons (Fsp3) is 0.333. The Morgan fingerprint density at radius 3 is 2.42 bits per heavy atom. The van der Waals surface area contributed by atoms with Crippen LogP contribution in [0.2, 0.25) is 5.02 Å². The summed E-state index contributed by atoms with van der Waals surface area (Å²) in [6, 6.07) is 7.86. The van der Waals surface area contributed by atoms with Gasteiger partial charge in [-0.25, -0.2) is 0 Å². The Morgan fingerprint density at radius 2 is 1.92 bits per heavy atom. The van der Waals surface area contributed by atoms with Crippen LogP contribution in [0, 0.1) is 0 Å². The minimum atomic E-state index is 0.187. The van der Waals surface area contributed by atoms with Crippen molar-refractivity contribution in [2.75, 3.05) is 7.11 Å². The topological polar surface area (TPSA) is 21.3 Å². The van der Waals surface area contributed by atoms with Crippen molar-refractivity contribution in [2.45, 2.75) is 13.0 Å². The predicted octanol–water partition coefficient (Wildman–Crippen LogP) is 2.55. The molecule has 0 aliphatic carbocycles. The van der Waals surface area contributed by atoms with Crippen LogP contribution in [-0.2, 0) is 4.84 Å². The third-order valence-corrected chi connectivity index (χ3v) is 1.92. The van der Waals surface area contributed by atoms with Crippen LogP contribution in [0.5, 0.6) is 0 Å². The van der Waals surface area contributed by atoms with Gasteiger partial charge in [-0.3, -0.25) is 0 Å². The Morgan fingerprint density at radius 1 is 1.33 bits per heavy atom. The van der Waals surface area contributed by atoms with Gasteiger partial charge in [-0.15, -0.1) is 0 Å². The zero-order chi connectivity index (χ0) is 8.97. The average molecular weight is 186 g/mol. The molecule has 0 fully saturated rings. The summed E-state index contributed by atoms with van der Waals surface area (Å²) in [6.07, 6.45) is 0. The zero-order valence-corrected chi connectivity index (χ0v) is 7.93. The van der Waals surface area contributed by atoms with Crippen molar-refractivity contribution in [3.8, 4) is 0 Å². The van der Waals surface area contributed by atoms with Crippen LogP contribution >= 0.6 is 11.6 Å². The highest BCUT2D eigenvalue weighted by Gasteiger charge is 2.02. The van der Waals surface area contributed by atoms with Gasteiger partial charge in [0.25, 0.3) is 0 Å². The number of nitrogens with one attached hydrogen (secondary N) is 1. The van der Waals surface area contributed by atoms with E-state index in [4.69, 9.17) is 16.4 Å². The molecule has 66 valence electrons. The summed E-state index contributed by atoms with van der Waals surface area (Å²) in [4.78, 5) is 4.81. The second kappa shape index (κ2) is 4.45. The maximum atomic E-state index is 5.74. The van der Waals surface area contributed by atoms with Crippen molar-refractivity contribution in [1.82, 2.24) is 5.48 Å². The minimum absolute atomic E-state index is 0.187. The third kappa shape index (κ3) is 2.48. The van der Waals surface area contributed by atoms with Gasteiger partial charge >= 0.3 is 0 Å². The number of hydrogen-bond acceptors (Lipinski definition) is 2. The number of hydroxylamine groups is 1. The van der Waals surface area contributed by atoms with E-state index in [-0.39, 0.29) is 6.04 Å². The Bertz CT molecular complexity index is 235. The summed E-state index contributed by atoms with van der Waals surface area (Å²) in [6.45, 7) is 2.02. The van der Waals surface area contributed by atoms with Crippen molar-refractivity contribution in [3.05, 3.63) is 34.9 Å². The Kier molecular flexibility index (Phi) is 3.53. The first-order valence-corrected chi connectivity index (χ1v) is 4.16. The monoisotopic (exact) mass is 185 g/mol. The van der Waals surface area contributed by atoms with Crippen LogP contribution in [-0.4, -0.2) is 7.11 Å². The summed E-state index contributed by atoms with van der Waals surface area (Å²) >= 11 is 5.74. The second-order valence-corrected chi connectivity index (χ2v) is 3.03. The van der Waals surface area contributed by atoms with E-state index in [2.05, 4.69) is 5.48 Å². The molecule has 0 aliphatic heterocycles. The SMILES string of the molecule is CONC(C)c1ccc(Cl)cc1.